The molecule has 0 aliphatic carbocycles. The van der Waals surface area contributed by atoms with Crippen LogP contribution >= 0.6 is 11.8 Å². The van der Waals surface area contributed by atoms with Crippen molar-refractivity contribution in [3.63, 3.8) is 0 Å². The summed E-state index contributed by atoms with van der Waals surface area (Å²) in [6.45, 7) is 2.85. The number of ether oxygens (including phenoxy) is 3. The molecule has 10 heteroatoms. The van der Waals surface area contributed by atoms with Gasteiger partial charge in [-0.05, 0) is 38.1 Å². The highest BCUT2D eigenvalue weighted by molar-refractivity contribution is 8.01. The maximum absolute atomic E-state index is 12.8. The van der Waals surface area contributed by atoms with Crippen LogP contribution in [0.15, 0.2) is 60.7 Å². The number of β-lactam (4-membered cyclic amide) rings is 1. The van der Waals surface area contributed by atoms with E-state index in [0.29, 0.717) is 11.3 Å². The number of fused-ring (bicyclic) bond motifs is 1. The third-order valence-corrected chi connectivity index (χ3v) is 7.07. The number of thioether (sulfide) groups is 1. The topological polar surface area (TPSA) is 111 Å². The molecule has 2 amide bonds. The zero-order valence-electron chi connectivity index (χ0n) is 18.6. The van der Waals surface area contributed by atoms with Gasteiger partial charge in [0.15, 0.2) is 6.61 Å². The van der Waals surface area contributed by atoms with Gasteiger partial charge in [-0.1, -0.05) is 36.4 Å². The molecule has 0 saturated carbocycles. The molecule has 178 valence electrons. The Morgan fingerprint density at radius 2 is 1.65 bits per heavy atom. The van der Waals surface area contributed by atoms with E-state index in [1.165, 1.54) is 16.7 Å². The highest BCUT2D eigenvalue weighted by atomic mass is 32.2. The highest BCUT2D eigenvalue weighted by Gasteiger charge is 2.64. The van der Waals surface area contributed by atoms with Crippen molar-refractivity contribution >= 4 is 35.5 Å². The van der Waals surface area contributed by atoms with E-state index in [1.807, 2.05) is 19.9 Å². The zero-order chi connectivity index (χ0) is 24.3. The van der Waals surface area contributed by atoms with Crippen molar-refractivity contribution in [2.45, 2.75) is 36.1 Å². The summed E-state index contributed by atoms with van der Waals surface area (Å²) in [6, 6.07) is 15.6. The second-order valence-electron chi connectivity index (χ2n) is 8.29. The quantitative estimate of drug-likeness (QED) is 0.344. The van der Waals surface area contributed by atoms with E-state index in [4.69, 9.17) is 14.2 Å². The average molecular weight is 485 g/mol. The van der Waals surface area contributed by atoms with Crippen molar-refractivity contribution in [1.29, 1.82) is 0 Å². The number of carbonyl (C=O) groups is 4. The van der Waals surface area contributed by atoms with Gasteiger partial charge in [-0.2, -0.15) is 0 Å². The summed E-state index contributed by atoms with van der Waals surface area (Å²) < 4.78 is 14.9. The van der Waals surface area contributed by atoms with Crippen LogP contribution < -0.4 is 10.1 Å². The first-order chi connectivity index (χ1) is 16.3. The summed E-state index contributed by atoms with van der Waals surface area (Å²) in [5.74, 6) is -1.55. The Morgan fingerprint density at radius 1 is 1.00 bits per heavy atom. The lowest BCUT2D eigenvalue weighted by atomic mass is 9.96. The normalized spacial score (nSPS) is 22.2. The predicted molar refractivity (Wildman–Crippen MR) is 123 cm³/mol. The molecular weight excluding hydrogens is 460 g/mol. The molecule has 4 rings (SSSR count). The van der Waals surface area contributed by atoms with E-state index in [-0.39, 0.29) is 12.5 Å². The summed E-state index contributed by atoms with van der Waals surface area (Å²) in [5.41, 5.74) is 0.336. The van der Waals surface area contributed by atoms with Crippen LogP contribution in [0.25, 0.3) is 0 Å². The summed E-state index contributed by atoms with van der Waals surface area (Å²) in [6.07, 6.45) is 0. The highest BCUT2D eigenvalue weighted by Crippen LogP contribution is 2.51. The SMILES string of the molecule is CC1(C)S[C@@H]2[C@H](NC(=O)COc3ccccc3)C(=O)N2[C@H]1C(=O)OCOC(=O)c1ccccc1. The van der Waals surface area contributed by atoms with Crippen molar-refractivity contribution in [3.8, 4) is 5.75 Å². The molecule has 2 heterocycles. The molecule has 0 aromatic heterocycles. The van der Waals surface area contributed by atoms with Gasteiger partial charge in [0.1, 0.15) is 23.2 Å². The van der Waals surface area contributed by atoms with Gasteiger partial charge >= 0.3 is 11.9 Å². The molecule has 0 spiro atoms. The number of carbonyl (C=O) groups excluding carboxylic acids is 4. The number of rotatable bonds is 8. The number of amides is 2. The average Bonchev–Trinajstić information content (AvgIpc) is 3.10. The molecule has 2 aromatic carbocycles. The van der Waals surface area contributed by atoms with Crippen LogP contribution in [0.5, 0.6) is 5.75 Å². The van der Waals surface area contributed by atoms with E-state index < -0.39 is 46.8 Å². The number of hydrogen-bond donors (Lipinski definition) is 1. The van der Waals surface area contributed by atoms with Crippen LogP contribution in [0.3, 0.4) is 0 Å². The molecular formula is C24H24N2O7S. The second-order valence-corrected chi connectivity index (χ2v) is 10.1. The minimum Gasteiger partial charge on any atom is -0.484 e. The largest absolute Gasteiger partial charge is 0.484 e. The molecule has 0 radical (unpaired) electrons. The summed E-state index contributed by atoms with van der Waals surface area (Å²) in [5, 5.41) is 2.27. The van der Waals surface area contributed by atoms with Crippen LogP contribution in [-0.2, 0) is 23.9 Å². The van der Waals surface area contributed by atoms with Gasteiger partial charge < -0.3 is 24.4 Å². The fraction of sp³-hybridized carbons (Fsp3) is 0.333. The molecule has 0 unspecified atom stereocenters. The number of esters is 2. The van der Waals surface area contributed by atoms with Crippen LogP contribution in [-0.4, -0.2) is 64.3 Å². The van der Waals surface area contributed by atoms with Gasteiger partial charge in [0.05, 0.1) is 5.56 Å². The molecule has 2 fully saturated rings. The van der Waals surface area contributed by atoms with Crippen molar-refractivity contribution in [2.75, 3.05) is 13.4 Å². The van der Waals surface area contributed by atoms with Crippen LogP contribution in [0.2, 0.25) is 0 Å². The standard InChI is InChI=1S/C24H24N2O7S/c1-24(2)19(23(30)33-14-32-22(29)15-9-5-3-6-10-15)26-20(28)18(21(26)34-24)25-17(27)13-31-16-11-7-4-8-12-16/h3-12,18-19,21H,13-14H2,1-2H3,(H,25,27)/t18-,19+,21-/m1/s1. The first-order valence-electron chi connectivity index (χ1n) is 10.6. The molecule has 3 atom stereocenters. The van der Waals surface area contributed by atoms with Gasteiger partial charge in [-0.25, -0.2) is 9.59 Å². The summed E-state index contributed by atoms with van der Waals surface area (Å²) >= 11 is 1.40. The molecule has 2 aliphatic heterocycles. The molecule has 0 bridgehead atoms. The van der Waals surface area contributed by atoms with E-state index in [9.17, 15) is 19.2 Å². The molecule has 2 aliphatic rings. The number of nitrogens with one attached hydrogen (secondary N) is 1. The molecule has 9 nitrogen and oxygen atoms in total. The lowest BCUT2D eigenvalue weighted by molar-refractivity contribution is -0.169. The van der Waals surface area contributed by atoms with Crippen LogP contribution in [0, 0.1) is 0 Å². The smallest absolute Gasteiger partial charge is 0.340 e. The van der Waals surface area contributed by atoms with Crippen molar-refractivity contribution in [2.24, 2.45) is 0 Å². The van der Waals surface area contributed by atoms with Gasteiger partial charge in [-0.15, -0.1) is 11.8 Å². The Labute approximate surface area is 200 Å². The zero-order valence-corrected chi connectivity index (χ0v) is 19.4. The maximum Gasteiger partial charge on any atom is 0.340 e. The van der Waals surface area contributed by atoms with E-state index >= 15 is 0 Å². The number of para-hydroxylation sites is 1. The Hall–Kier alpha value is -3.53. The minimum atomic E-state index is -0.876. The van der Waals surface area contributed by atoms with E-state index in [2.05, 4.69) is 5.32 Å². The van der Waals surface area contributed by atoms with Crippen LogP contribution in [0.1, 0.15) is 24.2 Å². The molecule has 2 aromatic rings. The monoisotopic (exact) mass is 484 g/mol. The Balaban J connectivity index is 1.29. The Bertz CT molecular complexity index is 1080. The lowest BCUT2D eigenvalue weighted by Gasteiger charge is -2.43. The van der Waals surface area contributed by atoms with Crippen molar-refractivity contribution < 1.29 is 33.4 Å². The second kappa shape index (κ2) is 9.76. The van der Waals surface area contributed by atoms with Gasteiger partial charge in [0, 0.05) is 4.75 Å². The van der Waals surface area contributed by atoms with Gasteiger partial charge in [0.25, 0.3) is 5.91 Å². The first kappa shape index (κ1) is 23.6. The lowest BCUT2D eigenvalue weighted by Crippen LogP contribution is -2.71. The molecule has 34 heavy (non-hydrogen) atoms. The Kier molecular flexibility index (Phi) is 6.78. The summed E-state index contributed by atoms with van der Waals surface area (Å²) in [7, 11) is 0. The number of benzene rings is 2. The fourth-order valence-corrected chi connectivity index (χ4v) is 5.51. The predicted octanol–water partition coefficient (Wildman–Crippen LogP) is 1.97. The van der Waals surface area contributed by atoms with Crippen molar-refractivity contribution in [1.82, 2.24) is 10.2 Å². The fourth-order valence-electron chi connectivity index (χ4n) is 3.88. The van der Waals surface area contributed by atoms with Crippen LogP contribution in [0.4, 0.5) is 0 Å². The number of nitrogens with zero attached hydrogens (tertiary/aromatic N) is 1. The number of hydrogen-bond acceptors (Lipinski definition) is 8. The molecule has 2 saturated heterocycles. The van der Waals surface area contributed by atoms with Gasteiger partial charge in [-0.3, -0.25) is 9.59 Å². The molecule has 1 N–H and O–H groups in total. The third-order valence-electron chi connectivity index (χ3n) is 5.49. The van der Waals surface area contributed by atoms with Gasteiger partial charge in [0.2, 0.25) is 12.7 Å². The third kappa shape index (κ3) is 4.86. The summed E-state index contributed by atoms with van der Waals surface area (Å²) in [4.78, 5) is 51.3. The van der Waals surface area contributed by atoms with E-state index in [1.54, 1.807) is 54.6 Å². The first-order valence-corrected chi connectivity index (χ1v) is 11.5. The van der Waals surface area contributed by atoms with Crippen molar-refractivity contribution in [3.05, 3.63) is 66.2 Å². The minimum absolute atomic E-state index is 0.229. The Morgan fingerprint density at radius 3 is 2.32 bits per heavy atom. The van der Waals surface area contributed by atoms with E-state index in [0.717, 1.165) is 0 Å². The maximum atomic E-state index is 12.8.